The predicted molar refractivity (Wildman–Crippen MR) is 109 cm³/mol. The van der Waals surface area contributed by atoms with E-state index in [0.717, 1.165) is 23.6 Å². The van der Waals surface area contributed by atoms with Crippen molar-refractivity contribution >= 4 is 17.4 Å². The Balaban J connectivity index is 1.72. The van der Waals surface area contributed by atoms with Crippen molar-refractivity contribution in [1.29, 1.82) is 0 Å². The van der Waals surface area contributed by atoms with Gasteiger partial charge in [-0.05, 0) is 50.6 Å². The molecule has 0 fully saturated rings. The number of carbonyl (C=O) groups excluding carboxylic acids is 1. The van der Waals surface area contributed by atoms with E-state index in [0.29, 0.717) is 5.69 Å². The highest BCUT2D eigenvalue weighted by molar-refractivity contribution is 6.02. The third kappa shape index (κ3) is 4.91. The maximum absolute atomic E-state index is 12.4. The van der Waals surface area contributed by atoms with Gasteiger partial charge in [-0.1, -0.05) is 48.0 Å². The van der Waals surface area contributed by atoms with E-state index in [1.54, 1.807) is 6.07 Å². The first-order valence-corrected chi connectivity index (χ1v) is 9.05. The normalized spacial score (nSPS) is 10.7. The van der Waals surface area contributed by atoms with E-state index in [9.17, 15) is 4.79 Å². The van der Waals surface area contributed by atoms with Crippen LogP contribution < -0.4 is 10.2 Å². The molecule has 0 saturated carbocycles. The zero-order chi connectivity index (χ0) is 19.2. The summed E-state index contributed by atoms with van der Waals surface area (Å²) in [4.78, 5) is 14.5. The monoisotopic (exact) mass is 360 g/mol. The Morgan fingerprint density at radius 1 is 0.963 bits per heavy atom. The number of aryl methyl sites for hydroxylation is 1. The summed E-state index contributed by atoms with van der Waals surface area (Å²) in [7, 11) is 0. The van der Waals surface area contributed by atoms with Gasteiger partial charge in [0.25, 0.3) is 5.91 Å². The van der Waals surface area contributed by atoms with Crippen molar-refractivity contribution in [2.24, 2.45) is 0 Å². The molecule has 0 aliphatic heterocycles. The fraction of sp³-hybridized carbons (Fsp3) is 0.227. The molecule has 1 heterocycles. The van der Waals surface area contributed by atoms with Crippen molar-refractivity contribution < 1.29 is 4.79 Å². The standard InChI is InChI=1S/C22H24N4O/c1-16(2)26(15-18-7-5-4-6-8-18)21-14-13-20(24-25-21)22(27)23-19-11-9-17(3)10-12-19/h4-14,16H,15H2,1-3H3,(H,23,27). The van der Waals surface area contributed by atoms with Gasteiger partial charge in [-0.25, -0.2) is 0 Å². The smallest absolute Gasteiger partial charge is 0.276 e. The lowest BCUT2D eigenvalue weighted by Gasteiger charge is -2.27. The van der Waals surface area contributed by atoms with Crippen molar-refractivity contribution in [3.63, 3.8) is 0 Å². The molecule has 1 aromatic heterocycles. The Morgan fingerprint density at radius 2 is 1.67 bits per heavy atom. The molecule has 0 aliphatic carbocycles. The molecule has 1 amide bonds. The van der Waals surface area contributed by atoms with Gasteiger partial charge in [-0.3, -0.25) is 4.79 Å². The van der Waals surface area contributed by atoms with Gasteiger partial charge in [0, 0.05) is 18.3 Å². The second kappa shape index (κ2) is 8.45. The first-order chi connectivity index (χ1) is 13.0. The van der Waals surface area contributed by atoms with E-state index in [1.807, 2.05) is 55.5 Å². The lowest BCUT2D eigenvalue weighted by molar-refractivity contribution is 0.102. The van der Waals surface area contributed by atoms with Crippen LogP contribution in [0.4, 0.5) is 11.5 Å². The van der Waals surface area contributed by atoms with Crippen LogP contribution in [0.5, 0.6) is 0 Å². The van der Waals surface area contributed by atoms with Crippen molar-refractivity contribution in [3.8, 4) is 0 Å². The summed E-state index contributed by atoms with van der Waals surface area (Å²) in [5, 5.41) is 11.3. The van der Waals surface area contributed by atoms with E-state index in [1.165, 1.54) is 5.56 Å². The molecule has 138 valence electrons. The molecule has 0 radical (unpaired) electrons. The Labute approximate surface area is 160 Å². The lowest BCUT2D eigenvalue weighted by atomic mass is 10.2. The molecule has 1 N–H and O–H groups in total. The third-order valence-corrected chi connectivity index (χ3v) is 4.31. The number of amides is 1. The molecule has 5 heteroatoms. The highest BCUT2D eigenvalue weighted by Gasteiger charge is 2.15. The van der Waals surface area contributed by atoms with Crippen molar-refractivity contribution in [3.05, 3.63) is 83.6 Å². The molecular formula is C22H24N4O. The average Bonchev–Trinajstić information content (AvgIpc) is 2.68. The minimum atomic E-state index is -0.267. The first kappa shape index (κ1) is 18.6. The summed E-state index contributed by atoms with van der Waals surface area (Å²) in [6, 6.07) is 21.7. The van der Waals surface area contributed by atoms with Gasteiger partial charge in [0.2, 0.25) is 0 Å². The van der Waals surface area contributed by atoms with Crippen molar-refractivity contribution in [2.75, 3.05) is 10.2 Å². The van der Waals surface area contributed by atoms with Crippen molar-refractivity contribution in [2.45, 2.75) is 33.4 Å². The van der Waals surface area contributed by atoms with Crippen LogP contribution in [-0.2, 0) is 6.54 Å². The number of hydrogen-bond donors (Lipinski definition) is 1. The van der Waals surface area contributed by atoms with Crippen LogP contribution in [0.2, 0.25) is 0 Å². The Hall–Kier alpha value is -3.21. The zero-order valence-electron chi connectivity index (χ0n) is 15.9. The van der Waals surface area contributed by atoms with Crippen LogP contribution in [0.15, 0.2) is 66.7 Å². The van der Waals surface area contributed by atoms with E-state index < -0.39 is 0 Å². The number of nitrogens with zero attached hydrogens (tertiary/aromatic N) is 3. The number of benzene rings is 2. The molecule has 0 bridgehead atoms. The Bertz CT molecular complexity index is 874. The topological polar surface area (TPSA) is 58.1 Å². The summed E-state index contributed by atoms with van der Waals surface area (Å²) in [6.07, 6.45) is 0. The molecule has 3 rings (SSSR count). The van der Waals surface area contributed by atoms with Gasteiger partial charge in [0.05, 0.1) is 0 Å². The highest BCUT2D eigenvalue weighted by atomic mass is 16.1. The molecule has 0 atom stereocenters. The predicted octanol–water partition coefficient (Wildman–Crippen LogP) is 4.45. The van der Waals surface area contributed by atoms with Crippen LogP contribution in [0.3, 0.4) is 0 Å². The molecule has 27 heavy (non-hydrogen) atoms. The minimum Gasteiger partial charge on any atom is -0.348 e. The van der Waals surface area contributed by atoms with Gasteiger partial charge in [0.1, 0.15) is 0 Å². The summed E-state index contributed by atoms with van der Waals surface area (Å²) in [6.45, 7) is 6.97. The number of aromatic nitrogens is 2. The summed E-state index contributed by atoms with van der Waals surface area (Å²) in [5.74, 6) is 0.484. The van der Waals surface area contributed by atoms with E-state index in [-0.39, 0.29) is 11.9 Å². The van der Waals surface area contributed by atoms with Crippen LogP contribution >= 0.6 is 0 Å². The molecule has 5 nitrogen and oxygen atoms in total. The van der Waals surface area contributed by atoms with Gasteiger partial charge >= 0.3 is 0 Å². The van der Waals surface area contributed by atoms with E-state index in [2.05, 4.69) is 46.4 Å². The quantitative estimate of drug-likeness (QED) is 0.705. The fourth-order valence-corrected chi connectivity index (χ4v) is 2.74. The van der Waals surface area contributed by atoms with Gasteiger partial charge in [0.15, 0.2) is 11.5 Å². The Morgan fingerprint density at radius 3 is 2.26 bits per heavy atom. The molecule has 0 spiro atoms. The maximum atomic E-state index is 12.4. The SMILES string of the molecule is Cc1ccc(NC(=O)c2ccc(N(Cc3ccccc3)C(C)C)nn2)cc1. The lowest BCUT2D eigenvalue weighted by Crippen LogP contribution is -2.31. The fourth-order valence-electron chi connectivity index (χ4n) is 2.74. The maximum Gasteiger partial charge on any atom is 0.276 e. The zero-order valence-corrected chi connectivity index (χ0v) is 15.9. The molecular weight excluding hydrogens is 336 g/mol. The summed E-state index contributed by atoms with van der Waals surface area (Å²) >= 11 is 0. The molecule has 0 saturated heterocycles. The number of nitrogens with one attached hydrogen (secondary N) is 1. The molecule has 2 aromatic carbocycles. The van der Waals surface area contributed by atoms with Crippen molar-refractivity contribution in [1.82, 2.24) is 10.2 Å². The average molecular weight is 360 g/mol. The van der Waals surface area contributed by atoms with Crippen LogP contribution in [-0.4, -0.2) is 22.1 Å². The Kier molecular flexibility index (Phi) is 5.81. The van der Waals surface area contributed by atoms with Crippen LogP contribution in [0.25, 0.3) is 0 Å². The molecule has 0 aliphatic rings. The summed E-state index contributed by atoms with van der Waals surface area (Å²) < 4.78 is 0. The second-order valence-electron chi connectivity index (χ2n) is 6.80. The number of carbonyl (C=O) groups is 1. The van der Waals surface area contributed by atoms with E-state index >= 15 is 0 Å². The second-order valence-corrected chi connectivity index (χ2v) is 6.80. The molecule has 3 aromatic rings. The summed E-state index contributed by atoms with van der Waals surface area (Å²) in [5.41, 5.74) is 3.38. The number of rotatable bonds is 6. The van der Waals surface area contributed by atoms with Gasteiger partial charge in [-0.15, -0.1) is 10.2 Å². The number of anilines is 2. The van der Waals surface area contributed by atoms with Gasteiger partial charge in [-0.2, -0.15) is 0 Å². The number of hydrogen-bond acceptors (Lipinski definition) is 4. The largest absolute Gasteiger partial charge is 0.348 e. The molecule has 0 unspecified atom stereocenters. The van der Waals surface area contributed by atoms with Gasteiger partial charge < -0.3 is 10.2 Å². The van der Waals surface area contributed by atoms with E-state index in [4.69, 9.17) is 0 Å². The highest BCUT2D eigenvalue weighted by Crippen LogP contribution is 2.18. The minimum absolute atomic E-state index is 0.256. The third-order valence-electron chi connectivity index (χ3n) is 4.31. The van der Waals surface area contributed by atoms with Crippen LogP contribution in [0, 0.1) is 6.92 Å². The van der Waals surface area contributed by atoms with Crippen LogP contribution in [0.1, 0.15) is 35.5 Å². The first-order valence-electron chi connectivity index (χ1n) is 9.05.